The van der Waals surface area contributed by atoms with Crippen LogP contribution in [0.2, 0.25) is 0 Å². The van der Waals surface area contributed by atoms with Gasteiger partial charge in [0, 0.05) is 23.7 Å². The zero-order valence-electron chi connectivity index (χ0n) is 10.7. The van der Waals surface area contributed by atoms with Crippen molar-refractivity contribution in [3.8, 4) is 0 Å². The maximum absolute atomic E-state index is 12.2. The van der Waals surface area contributed by atoms with E-state index in [-0.39, 0.29) is 12.5 Å². The molecule has 1 fully saturated rings. The van der Waals surface area contributed by atoms with Crippen LogP contribution in [0.15, 0.2) is 30.3 Å². The van der Waals surface area contributed by atoms with Gasteiger partial charge in [0.1, 0.15) is 0 Å². The molecule has 0 radical (unpaired) electrons. The van der Waals surface area contributed by atoms with Crippen LogP contribution < -0.4 is 5.32 Å². The third-order valence-corrected chi connectivity index (χ3v) is 4.72. The van der Waals surface area contributed by atoms with Gasteiger partial charge < -0.3 is 15.5 Å². The number of nitrogens with one attached hydrogen (secondary N) is 1. The Hall–Kier alpha value is -1.04. The van der Waals surface area contributed by atoms with Crippen molar-refractivity contribution in [2.75, 3.05) is 18.1 Å². The van der Waals surface area contributed by atoms with Crippen LogP contribution in [0.1, 0.15) is 23.2 Å². The molecule has 1 aromatic rings. The Bertz CT molecular complexity index is 426. The van der Waals surface area contributed by atoms with Gasteiger partial charge in [0.05, 0.1) is 11.6 Å². The number of benzene rings is 1. The largest absolute Gasteiger partial charge is 0.396 e. The number of hydrogen-bond donors (Lipinski definition) is 3. The van der Waals surface area contributed by atoms with Crippen LogP contribution in [0.5, 0.6) is 0 Å². The molecule has 2 atom stereocenters. The molecule has 1 saturated heterocycles. The lowest BCUT2D eigenvalue weighted by Crippen LogP contribution is -2.56. The molecule has 1 aliphatic heterocycles. The Morgan fingerprint density at radius 3 is 2.74 bits per heavy atom. The topological polar surface area (TPSA) is 69.6 Å². The molecule has 2 rings (SSSR count). The molecule has 5 heteroatoms. The van der Waals surface area contributed by atoms with Gasteiger partial charge in [-0.25, -0.2) is 0 Å². The summed E-state index contributed by atoms with van der Waals surface area (Å²) >= 11 is 1.63. The first-order valence-electron chi connectivity index (χ1n) is 6.42. The second-order valence-corrected chi connectivity index (χ2v) is 5.86. The third-order valence-electron chi connectivity index (χ3n) is 3.45. The lowest BCUT2D eigenvalue weighted by molar-refractivity contribution is 0.0668. The van der Waals surface area contributed by atoms with E-state index in [1.54, 1.807) is 23.9 Å². The smallest absolute Gasteiger partial charge is 0.251 e. The molecule has 104 valence electrons. The van der Waals surface area contributed by atoms with E-state index in [0.29, 0.717) is 29.9 Å². The van der Waals surface area contributed by atoms with Crippen LogP contribution in [0.4, 0.5) is 0 Å². The zero-order valence-corrected chi connectivity index (χ0v) is 11.5. The van der Waals surface area contributed by atoms with Crippen molar-refractivity contribution in [2.45, 2.75) is 24.5 Å². The second-order valence-electron chi connectivity index (χ2n) is 4.83. The van der Waals surface area contributed by atoms with Crippen molar-refractivity contribution in [1.82, 2.24) is 5.32 Å². The minimum atomic E-state index is -0.611. The van der Waals surface area contributed by atoms with Gasteiger partial charge in [-0.15, -0.1) is 0 Å². The second kappa shape index (κ2) is 6.41. The Kier molecular flexibility index (Phi) is 4.85. The summed E-state index contributed by atoms with van der Waals surface area (Å²) in [5.74, 6) is 1.15. The molecule has 3 N–H and O–H groups in total. The maximum atomic E-state index is 12.2. The number of thioether (sulfide) groups is 1. The Morgan fingerprint density at radius 1 is 1.42 bits per heavy atom. The Balaban J connectivity index is 2.10. The monoisotopic (exact) mass is 281 g/mol. The normalized spacial score (nSPS) is 26.3. The number of aliphatic hydroxyl groups is 2. The third kappa shape index (κ3) is 3.29. The van der Waals surface area contributed by atoms with E-state index in [2.05, 4.69) is 5.32 Å². The molecule has 1 amide bonds. The molecular weight excluding hydrogens is 262 g/mol. The van der Waals surface area contributed by atoms with Crippen LogP contribution in [0, 0.1) is 0 Å². The molecule has 0 aromatic heterocycles. The number of rotatable bonds is 5. The van der Waals surface area contributed by atoms with Crippen molar-refractivity contribution in [3.63, 3.8) is 0 Å². The predicted molar refractivity (Wildman–Crippen MR) is 76.3 cm³/mol. The van der Waals surface area contributed by atoms with Crippen LogP contribution in [-0.4, -0.2) is 45.9 Å². The molecule has 0 saturated carbocycles. The van der Waals surface area contributed by atoms with Crippen LogP contribution in [-0.2, 0) is 0 Å². The Morgan fingerprint density at radius 2 is 2.16 bits per heavy atom. The van der Waals surface area contributed by atoms with E-state index in [1.807, 2.05) is 18.2 Å². The van der Waals surface area contributed by atoms with E-state index in [9.17, 15) is 9.90 Å². The minimum absolute atomic E-state index is 0.0698. The SMILES string of the molecule is O=C(N[C@@]1(CCCO)CSC[C@H]1O)c1ccccc1. The van der Waals surface area contributed by atoms with Gasteiger partial charge in [-0.3, -0.25) is 4.79 Å². The van der Waals surface area contributed by atoms with Gasteiger partial charge >= 0.3 is 0 Å². The first-order valence-corrected chi connectivity index (χ1v) is 7.58. The fourth-order valence-electron chi connectivity index (χ4n) is 2.31. The van der Waals surface area contributed by atoms with E-state index in [1.165, 1.54) is 0 Å². The molecule has 0 spiro atoms. The zero-order chi connectivity index (χ0) is 13.7. The number of carbonyl (C=O) groups is 1. The number of amides is 1. The highest BCUT2D eigenvalue weighted by Crippen LogP contribution is 2.32. The first-order chi connectivity index (χ1) is 9.18. The van der Waals surface area contributed by atoms with Crippen molar-refractivity contribution < 1.29 is 15.0 Å². The molecule has 0 bridgehead atoms. The quantitative estimate of drug-likeness (QED) is 0.754. The highest BCUT2D eigenvalue weighted by molar-refractivity contribution is 7.99. The van der Waals surface area contributed by atoms with Crippen molar-refractivity contribution in [2.24, 2.45) is 0 Å². The number of aliphatic hydroxyl groups excluding tert-OH is 2. The fraction of sp³-hybridized carbons (Fsp3) is 0.500. The van der Waals surface area contributed by atoms with E-state index >= 15 is 0 Å². The van der Waals surface area contributed by atoms with E-state index in [4.69, 9.17) is 5.11 Å². The molecule has 1 aromatic carbocycles. The van der Waals surface area contributed by atoms with Gasteiger partial charge in [0.2, 0.25) is 0 Å². The maximum Gasteiger partial charge on any atom is 0.251 e. The van der Waals surface area contributed by atoms with Gasteiger partial charge in [0.15, 0.2) is 0 Å². The number of hydrogen-bond acceptors (Lipinski definition) is 4. The number of carbonyl (C=O) groups excluding carboxylic acids is 1. The molecule has 0 unspecified atom stereocenters. The fourth-order valence-corrected chi connectivity index (χ4v) is 3.74. The molecule has 1 heterocycles. The standard InChI is InChI=1S/C14H19NO3S/c16-8-4-7-14(10-19-9-12(14)17)15-13(18)11-5-2-1-3-6-11/h1-3,5-6,12,16-17H,4,7-10H2,(H,15,18)/t12-,14+/m1/s1. The summed E-state index contributed by atoms with van der Waals surface area (Å²) in [7, 11) is 0. The summed E-state index contributed by atoms with van der Waals surface area (Å²) in [6, 6.07) is 9.00. The molecule has 1 aliphatic rings. The average molecular weight is 281 g/mol. The lowest BCUT2D eigenvalue weighted by Gasteiger charge is -2.33. The summed E-state index contributed by atoms with van der Waals surface area (Å²) in [6.45, 7) is 0.0698. The van der Waals surface area contributed by atoms with Crippen molar-refractivity contribution in [3.05, 3.63) is 35.9 Å². The lowest BCUT2D eigenvalue weighted by atomic mass is 9.89. The van der Waals surface area contributed by atoms with E-state index < -0.39 is 11.6 Å². The summed E-state index contributed by atoms with van der Waals surface area (Å²) in [5.41, 5.74) is -0.0182. The van der Waals surface area contributed by atoms with E-state index in [0.717, 1.165) is 0 Å². The van der Waals surface area contributed by atoms with Gasteiger partial charge in [0.25, 0.3) is 5.91 Å². The molecule has 19 heavy (non-hydrogen) atoms. The summed E-state index contributed by atoms with van der Waals surface area (Å²) < 4.78 is 0. The van der Waals surface area contributed by atoms with Crippen LogP contribution >= 0.6 is 11.8 Å². The van der Waals surface area contributed by atoms with Crippen LogP contribution in [0.3, 0.4) is 0 Å². The highest BCUT2D eigenvalue weighted by atomic mass is 32.2. The van der Waals surface area contributed by atoms with Gasteiger partial charge in [-0.1, -0.05) is 18.2 Å². The van der Waals surface area contributed by atoms with Gasteiger partial charge in [-0.05, 0) is 25.0 Å². The predicted octanol–water partition coefficient (Wildman–Crippen LogP) is 1.04. The highest BCUT2D eigenvalue weighted by Gasteiger charge is 2.43. The van der Waals surface area contributed by atoms with Crippen molar-refractivity contribution in [1.29, 1.82) is 0 Å². The molecule has 0 aliphatic carbocycles. The van der Waals surface area contributed by atoms with Gasteiger partial charge in [-0.2, -0.15) is 11.8 Å². The first kappa shape index (κ1) is 14.4. The summed E-state index contributed by atoms with van der Waals surface area (Å²) in [4.78, 5) is 12.2. The summed E-state index contributed by atoms with van der Waals surface area (Å²) in [5, 5.41) is 22.1. The average Bonchev–Trinajstić information content (AvgIpc) is 2.79. The van der Waals surface area contributed by atoms with Crippen molar-refractivity contribution >= 4 is 17.7 Å². The van der Waals surface area contributed by atoms with Crippen LogP contribution in [0.25, 0.3) is 0 Å². The Labute approximate surface area is 117 Å². The molecule has 4 nitrogen and oxygen atoms in total. The minimum Gasteiger partial charge on any atom is -0.396 e. The summed E-state index contributed by atoms with van der Waals surface area (Å²) in [6.07, 6.45) is 0.611. The molecular formula is C14H19NO3S.